The summed E-state index contributed by atoms with van der Waals surface area (Å²) in [5, 5.41) is 9.99. The first-order chi connectivity index (χ1) is 11.2. The lowest BCUT2D eigenvalue weighted by Crippen LogP contribution is -2.01. The third-order valence-corrected chi connectivity index (χ3v) is 4.21. The van der Waals surface area contributed by atoms with Crippen molar-refractivity contribution in [1.82, 2.24) is 4.98 Å². The van der Waals surface area contributed by atoms with E-state index in [1.54, 1.807) is 6.20 Å². The van der Waals surface area contributed by atoms with Gasteiger partial charge in [0.15, 0.2) is 6.10 Å². The summed E-state index contributed by atoms with van der Waals surface area (Å²) in [5.41, 5.74) is 6.17. The third kappa shape index (κ3) is 5.81. The lowest BCUT2D eigenvalue weighted by atomic mass is 9.91. The molecule has 1 unspecified atom stereocenters. The van der Waals surface area contributed by atoms with Crippen LogP contribution >= 0.6 is 0 Å². The second-order valence-electron chi connectivity index (χ2n) is 6.26. The molecular formula is C19H28N2O2. The maximum absolute atomic E-state index is 9.99. The average molecular weight is 316 g/mol. The number of hydrogen-bond acceptors (Lipinski definition) is 4. The van der Waals surface area contributed by atoms with Crippen molar-refractivity contribution in [1.29, 1.82) is 0 Å². The molecule has 23 heavy (non-hydrogen) atoms. The van der Waals surface area contributed by atoms with Crippen molar-refractivity contribution in [3.63, 3.8) is 0 Å². The molecule has 0 aliphatic heterocycles. The van der Waals surface area contributed by atoms with Crippen LogP contribution in [0.25, 0.3) is 0 Å². The highest BCUT2D eigenvalue weighted by Crippen LogP contribution is 2.22. The van der Waals surface area contributed by atoms with Crippen LogP contribution in [0.5, 0.6) is 0 Å². The van der Waals surface area contributed by atoms with E-state index in [2.05, 4.69) is 11.9 Å². The Labute approximate surface area is 138 Å². The molecule has 1 atom stereocenters. The van der Waals surface area contributed by atoms with Crippen molar-refractivity contribution in [3.05, 3.63) is 53.7 Å². The van der Waals surface area contributed by atoms with Gasteiger partial charge >= 0.3 is 0 Å². The number of rotatable bonds is 4. The van der Waals surface area contributed by atoms with Crippen LogP contribution in [0.3, 0.4) is 0 Å². The smallest absolute Gasteiger partial charge is 0.227 e. The van der Waals surface area contributed by atoms with Gasteiger partial charge in [0.25, 0.3) is 0 Å². The molecule has 1 fully saturated rings. The number of hydrogen-bond donors (Lipinski definition) is 2. The molecule has 3 rings (SSSR count). The molecule has 0 spiro atoms. The highest BCUT2D eigenvalue weighted by molar-refractivity contribution is 5.21. The minimum absolute atomic E-state index is 0.314. The van der Waals surface area contributed by atoms with Crippen molar-refractivity contribution in [3.8, 4) is 0 Å². The van der Waals surface area contributed by atoms with Gasteiger partial charge in [-0.15, -0.1) is 0 Å². The number of oxazole rings is 1. The average Bonchev–Trinajstić information content (AvgIpc) is 3.05. The van der Waals surface area contributed by atoms with E-state index in [0.29, 0.717) is 24.6 Å². The Hall–Kier alpha value is -1.65. The van der Waals surface area contributed by atoms with Crippen LogP contribution in [0.2, 0.25) is 0 Å². The van der Waals surface area contributed by atoms with Crippen LogP contribution in [-0.4, -0.2) is 16.6 Å². The Bertz CT molecular complexity index is 548. The van der Waals surface area contributed by atoms with E-state index in [9.17, 15) is 5.11 Å². The lowest BCUT2D eigenvalue weighted by molar-refractivity contribution is 0.180. The number of aromatic nitrogens is 1. The van der Waals surface area contributed by atoms with Gasteiger partial charge in [-0.25, -0.2) is 4.98 Å². The molecule has 2 aromatic rings. The number of benzene rings is 1. The highest BCUT2D eigenvalue weighted by atomic mass is 16.4. The predicted molar refractivity (Wildman–Crippen MR) is 92.0 cm³/mol. The molecule has 4 heteroatoms. The molecule has 0 radical (unpaired) electrons. The van der Waals surface area contributed by atoms with Crippen molar-refractivity contribution in [2.75, 3.05) is 6.54 Å². The van der Waals surface area contributed by atoms with E-state index in [1.807, 2.05) is 30.3 Å². The largest absolute Gasteiger partial charge is 0.442 e. The first-order valence-corrected chi connectivity index (χ1v) is 8.58. The molecule has 0 bridgehead atoms. The van der Waals surface area contributed by atoms with Gasteiger partial charge < -0.3 is 15.3 Å². The first-order valence-electron chi connectivity index (χ1n) is 8.58. The molecule has 1 aliphatic rings. The van der Waals surface area contributed by atoms with Gasteiger partial charge in [0.1, 0.15) is 5.76 Å². The summed E-state index contributed by atoms with van der Waals surface area (Å²) in [7, 11) is 0. The van der Waals surface area contributed by atoms with E-state index in [4.69, 9.17) is 10.2 Å². The van der Waals surface area contributed by atoms with Gasteiger partial charge in [0.2, 0.25) is 5.89 Å². The molecular weight excluding hydrogens is 288 g/mol. The van der Waals surface area contributed by atoms with Gasteiger partial charge in [-0.2, -0.15) is 0 Å². The molecule has 1 heterocycles. The Kier molecular flexibility index (Phi) is 7.30. The van der Waals surface area contributed by atoms with E-state index in [0.717, 1.165) is 11.5 Å². The van der Waals surface area contributed by atoms with Crippen molar-refractivity contribution in [2.24, 2.45) is 11.7 Å². The zero-order valence-corrected chi connectivity index (χ0v) is 13.9. The fourth-order valence-corrected chi connectivity index (χ4v) is 2.79. The molecule has 1 saturated carbocycles. The maximum atomic E-state index is 9.99. The quantitative estimate of drug-likeness (QED) is 0.899. The van der Waals surface area contributed by atoms with Crippen LogP contribution in [0.15, 0.2) is 40.9 Å². The van der Waals surface area contributed by atoms with Crippen LogP contribution in [0, 0.1) is 5.92 Å². The first kappa shape index (κ1) is 17.7. The van der Waals surface area contributed by atoms with Crippen molar-refractivity contribution >= 4 is 0 Å². The maximum Gasteiger partial charge on any atom is 0.227 e. The van der Waals surface area contributed by atoms with E-state index >= 15 is 0 Å². The molecule has 1 aliphatic carbocycles. The Morgan fingerprint density at radius 2 is 1.91 bits per heavy atom. The van der Waals surface area contributed by atoms with Crippen molar-refractivity contribution < 1.29 is 9.52 Å². The van der Waals surface area contributed by atoms with Gasteiger partial charge in [-0.1, -0.05) is 69.4 Å². The van der Waals surface area contributed by atoms with Crippen LogP contribution in [-0.2, 0) is 6.42 Å². The minimum Gasteiger partial charge on any atom is -0.442 e. The predicted octanol–water partition coefficient (Wildman–Crippen LogP) is 3.84. The number of nitrogens with two attached hydrogens (primary N) is 1. The summed E-state index contributed by atoms with van der Waals surface area (Å²) < 4.78 is 5.40. The van der Waals surface area contributed by atoms with E-state index in [1.165, 1.54) is 32.1 Å². The summed E-state index contributed by atoms with van der Waals surface area (Å²) >= 11 is 0. The van der Waals surface area contributed by atoms with E-state index in [-0.39, 0.29) is 0 Å². The minimum atomic E-state index is -0.812. The summed E-state index contributed by atoms with van der Waals surface area (Å²) in [5.74, 6) is 2.05. The van der Waals surface area contributed by atoms with Crippen molar-refractivity contribution in [2.45, 2.75) is 51.6 Å². The molecule has 126 valence electrons. The van der Waals surface area contributed by atoms with E-state index < -0.39 is 6.10 Å². The summed E-state index contributed by atoms with van der Waals surface area (Å²) in [6, 6.07) is 9.28. The highest BCUT2D eigenvalue weighted by Gasteiger charge is 2.15. The third-order valence-electron chi connectivity index (χ3n) is 4.21. The molecule has 1 aromatic heterocycles. The Balaban J connectivity index is 0.000000229. The molecule has 0 saturated heterocycles. The second-order valence-corrected chi connectivity index (χ2v) is 6.26. The summed E-state index contributed by atoms with van der Waals surface area (Å²) in [6.45, 7) is 2.87. The molecule has 0 amide bonds. The molecule has 3 N–H and O–H groups in total. The van der Waals surface area contributed by atoms with Crippen LogP contribution in [0.4, 0.5) is 0 Å². The SMILES string of the molecule is CC1CCCCC1.NCCc1cnc(C(O)c2ccccc2)o1. The van der Waals surface area contributed by atoms with Crippen LogP contribution in [0.1, 0.15) is 62.3 Å². The normalized spacial score (nSPS) is 16.5. The molecule has 4 nitrogen and oxygen atoms in total. The Morgan fingerprint density at radius 3 is 2.48 bits per heavy atom. The topological polar surface area (TPSA) is 72.3 Å². The fourth-order valence-electron chi connectivity index (χ4n) is 2.79. The number of nitrogens with zero attached hydrogens (tertiary/aromatic N) is 1. The lowest BCUT2D eigenvalue weighted by Gasteiger charge is -2.15. The summed E-state index contributed by atoms with van der Waals surface area (Å²) in [4.78, 5) is 4.04. The zero-order chi connectivity index (χ0) is 16.5. The molecule has 1 aromatic carbocycles. The standard InChI is InChI=1S/C12H14N2O2.C7H14/c13-7-6-10-8-14-12(16-10)11(15)9-4-2-1-3-5-9;1-7-5-3-2-4-6-7/h1-5,8,11,15H,6-7,13H2;7H,2-6H2,1H3. The van der Waals surface area contributed by atoms with Gasteiger partial charge in [-0.3, -0.25) is 0 Å². The van der Waals surface area contributed by atoms with Gasteiger partial charge in [0, 0.05) is 6.42 Å². The Morgan fingerprint density at radius 1 is 1.22 bits per heavy atom. The zero-order valence-electron chi connectivity index (χ0n) is 13.9. The van der Waals surface area contributed by atoms with Gasteiger partial charge in [-0.05, 0) is 18.0 Å². The number of aliphatic hydroxyl groups excluding tert-OH is 1. The van der Waals surface area contributed by atoms with Gasteiger partial charge in [0.05, 0.1) is 6.20 Å². The van der Waals surface area contributed by atoms with Crippen LogP contribution < -0.4 is 5.73 Å². The monoisotopic (exact) mass is 316 g/mol. The number of aliphatic hydroxyl groups is 1. The second kappa shape index (κ2) is 9.48. The summed E-state index contributed by atoms with van der Waals surface area (Å²) in [6.07, 6.45) is 8.86. The fraction of sp³-hybridized carbons (Fsp3) is 0.526.